The number of aromatic nitrogens is 2. The lowest BCUT2D eigenvalue weighted by molar-refractivity contribution is -0.672. The summed E-state index contributed by atoms with van der Waals surface area (Å²) >= 11 is 0. The van der Waals surface area contributed by atoms with Crippen molar-refractivity contribution >= 4 is 6.21 Å². The minimum Gasteiger partial charge on any atom is -1.00 e. The summed E-state index contributed by atoms with van der Waals surface area (Å²) in [5.74, 6) is 0.817. The average molecular weight is 246 g/mol. The van der Waals surface area contributed by atoms with Gasteiger partial charge in [0.1, 0.15) is 12.4 Å². The third-order valence-corrected chi connectivity index (χ3v) is 2.80. The van der Waals surface area contributed by atoms with Crippen LogP contribution in [0, 0.1) is 0 Å². The molecule has 1 aliphatic carbocycles. The number of halogens is 1. The van der Waals surface area contributed by atoms with E-state index < -0.39 is 0 Å². The Kier molecular flexibility index (Phi) is 4.76. The summed E-state index contributed by atoms with van der Waals surface area (Å²) in [4.78, 5) is 0. The van der Waals surface area contributed by atoms with Crippen LogP contribution in [-0.2, 0) is 18.5 Å². The van der Waals surface area contributed by atoms with Gasteiger partial charge in [0, 0.05) is 0 Å². The van der Waals surface area contributed by atoms with Gasteiger partial charge in [-0.3, -0.25) is 0 Å². The van der Waals surface area contributed by atoms with Crippen molar-refractivity contribution in [3.63, 3.8) is 0 Å². The molecule has 0 bridgehead atoms. The van der Waals surface area contributed by atoms with E-state index >= 15 is 0 Å². The molecule has 1 aromatic heterocycles. The number of rotatable bonds is 4. The van der Waals surface area contributed by atoms with E-state index in [1.807, 2.05) is 28.6 Å². The van der Waals surface area contributed by atoms with Crippen LogP contribution in [0.4, 0.5) is 0 Å². The van der Waals surface area contributed by atoms with Gasteiger partial charge in [0.25, 0.3) is 0 Å². The van der Waals surface area contributed by atoms with Crippen LogP contribution >= 0.6 is 0 Å². The van der Waals surface area contributed by atoms with Crippen molar-refractivity contribution in [1.29, 1.82) is 0 Å². The van der Waals surface area contributed by atoms with Crippen molar-refractivity contribution < 1.29 is 26.9 Å². The maximum atomic E-state index is 8.52. The topological polar surface area (TPSA) is 50.6 Å². The van der Waals surface area contributed by atoms with Gasteiger partial charge in [-0.15, -0.1) is 0 Å². The smallest absolute Gasteiger partial charge is 0.305 e. The fourth-order valence-corrected chi connectivity index (χ4v) is 1.59. The van der Waals surface area contributed by atoms with Crippen LogP contribution in [0.3, 0.4) is 0 Å². The van der Waals surface area contributed by atoms with Crippen LogP contribution in [0.5, 0.6) is 0 Å². The van der Waals surface area contributed by atoms with Gasteiger partial charge in [-0.25, -0.2) is 9.13 Å². The second-order valence-corrected chi connectivity index (χ2v) is 3.83. The van der Waals surface area contributed by atoms with Crippen molar-refractivity contribution in [2.45, 2.75) is 32.1 Å². The summed E-state index contributed by atoms with van der Waals surface area (Å²) in [6.45, 7) is 0.521. The number of nitrogens with zero attached hydrogens (tertiary/aromatic N) is 3. The number of hydrogen-bond acceptors (Lipinski definition) is 3. The van der Waals surface area contributed by atoms with Gasteiger partial charge in [0.05, 0.1) is 13.2 Å². The minimum atomic E-state index is 0. The Morgan fingerprint density at radius 1 is 1.69 bits per heavy atom. The van der Waals surface area contributed by atoms with E-state index in [1.165, 1.54) is 12.6 Å². The molecule has 0 spiro atoms. The van der Waals surface area contributed by atoms with Gasteiger partial charge >= 0.3 is 5.82 Å². The van der Waals surface area contributed by atoms with Crippen molar-refractivity contribution in [2.75, 3.05) is 0 Å². The lowest BCUT2D eigenvalue weighted by atomic mass is 9.96. The maximum Gasteiger partial charge on any atom is 0.305 e. The highest BCUT2D eigenvalue weighted by Crippen LogP contribution is 2.22. The Hall–Kier alpha value is -1.07. The molecule has 0 atom stereocenters. The van der Waals surface area contributed by atoms with Gasteiger partial charge in [-0.2, -0.15) is 0 Å². The second-order valence-electron chi connectivity index (χ2n) is 3.83. The van der Waals surface area contributed by atoms with Crippen molar-refractivity contribution in [3.8, 4) is 0 Å². The number of imidazole rings is 1. The number of ether oxygens (including phenoxy) is 1. The highest BCUT2D eigenvalue weighted by Gasteiger charge is 2.20. The monoisotopic (exact) mass is 245 g/mol. The van der Waals surface area contributed by atoms with Gasteiger partial charge in [-0.1, -0.05) is 5.16 Å². The molecular weight excluding hydrogens is 230 g/mol. The first kappa shape index (κ1) is 13.0. The summed E-state index contributed by atoms with van der Waals surface area (Å²) in [7, 11) is 1.90. The van der Waals surface area contributed by atoms with Crippen molar-refractivity contribution in [1.82, 2.24) is 4.57 Å². The lowest BCUT2D eigenvalue weighted by Crippen LogP contribution is -3.00. The summed E-state index contributed by atoms with van der Waals surface area (Å²) in [5.41, 5.74) is 0. The Morgan fingerprint density at radius 2 is 2.44 bits per heavy atom. The molecule has 1 fully saturated rings. The minimum absolute atomic E-state index is 0. The van der Waals surface area contributed by atoms with E-state index in [0.717, 1.165) is 18.7 Å². The van der Waals surface area contributed by atoms with Crippen LogP contribution in [-0.4, -0.2) is 22.1 Å². The molecule has 6 heteroatoms. The predicted molar refractivity (Wildman–Crippen MR) is 53.7 cm³/mol. The fraction of sp³-hybridized carbons (Fsp3) is 0.600. The van der Waals surface area contributed by atoms with Crippen LogP contribution in [0.15, 0.2) is 17.5 Å². The Labute approximate surface area is 101 Å². The molecule has 16 heavy (non-hydrogen) atoms. The van der Waals surface area contributed by atoms with Crippen LogP contribution < -0.4 is 17.0 Å². The number of hydrogen-bond donors (Lipinski definition) is 1. The summed E-state index contributed by atoms with van der Waals surface area (Å²) in [6, 6.07) is 0. The van der Waals surface area contributed by atoms with Crippen LogP contribution in [0.25, 0.3) is 0 Å². The lowest BCUT2D eigenvalue weighted by Gasteiger charge is -2.24. The Morgan fingerprint density at radius 3 is 3.00 bits per heavy atom. The molecule has 1 aliphatic rings. The average Bonchev–Trinajstić information content (AvgIpc) is 2.48. The highest BCUT2D eigenvalue weighted by molar-refractivity contribution is 5.72. The zero-order valence-electron chi connectivity index (χ0n) is 9.21. The fourth-order valence-electron chi connectivity index (χ4n) is 1.59. The quantitative estimate of drug-likeness (QED) is 0.280. The van der Waals surface area contributed by atoms with Crippen LogP contribution in [0.1, 0.15) is 25.1 Å². The summed E-state index contributed by atoms with van der Waals surface area (Å²) < 4.78 is 9.46. The van der Waals surface area contributed by atoms with E-state index in [1.54, 1.807) is 0 Å². The summed E-state index contributed by atoms with van der Waals surface area (Å²) in [6.07, 6.45) is 9.24. The van der Waals surface area contributed by atoms with Gasteiger partial charge < -0.3 is 22.4 Å². The SMILES string of the molecule is C[n+]1ccn(COC2CCC2)c1/C=N/O.[Cl-]. The highest BCUT2D eigenvalue weighted by atomic mass is 35.5. The molecule has 2 rings (SSSR count). The Balaban J connectivity index is 0.00000128. The Bertz CT molecular complexity index is 361. The molecule has 1 aromatic rings. The predicted octanol–water partition coefficient (Wildman–Crippen LogP) is -2.35. The largest absolute Gasteiger partial charge is 1.00 e. The van der Waals surface area contributed by atoms with E-state index in [4.69, 9.17) is 9.94 Å². The molecule has 0 saturated heterocycles. The molecule has 1 N–H and O–H groups in total. The van der Waals surface area contributed by atoms with Gasteiger partial charge in [0.2, 0.25) is 0 Å². The van der Waals surface area contributed by atoms with Gasteiger partial charge in [0.15, 0.2) is 12.9 Å². The molecule has 5 nitrogen and oxygen atoms in total. The molecule has 1 saturated carbocycles. The van der Waals surface area contributed by atoms with E-state index in [9.17, 15) is 0 Å². The zero-order chi connectivity index (χ0) is 10.7. The molecular formula is C10H16ClN3O2. The van der Waals surface area contributed by atoms with Gasteiger partial charge in [-0.05, 0) is 19.3 Å². The first-order valence-corrected chi connectivity index (χ1v) is 5.15. The third-order valence-electron chi connectivity index (χ3n) is 2.80. The standard InChI is InChI=1S/C10H15N3O2.ClH/c1-12-5-6-13(10(12)7-11-14)8-15-9-3-2-4-9;/h5-7,9H,2-4,8H2,1H3;1H. The number of aryl methyl sites for hydroxylation is 1. The first-order valence-electron chi connectivity index (χ1n) is 5.15. The molecule has 0 radical (unpaired) electrons. The molecule has 0 aromatic carbocycles. The normalized spacial score (nSPS) is 16.1. The van der Waals surface area contributed by atoms with E-state index in [-0.39, 0.29) is 12.4 Å². The molecule has 1 heterocycles. The van der Waals surface area contributed by atoms with Crippen molar-refractivity contribution in [2.24, 2.45) is 12.2 Å². The van der Waals surface area contributed by atoms with E-state index in [2.05, 4.69) is 5.16 Å². The third kappa shape index (κ3) is 2.74. The maximum absolute atomic E-state index is 8.52. The van der Waals surface area contributed by atoms with Crippen LogP contribution in [0.2, 0.25) is 0 Å². The molecule has 0 aliphatic heterocycles. The molecule has 0 amide bonds. The zero-order valence-corrected chi connectivity index (χ0v) is 9.97. The number of oxime groups is 1. The van der Waals surface area contributed by atoms with E-state index in [0.29, 0.717) is 12.8 Å². The molecule has 0 unspecified atom stereocenters. The summed E-state index contributed by atoms with van der Waals surface area (Å²) in [5, 5.41) is 11.6. The first-order chi connectivity index (χ1) is 7.31. The second kappa shape index (κ2) is 5.86. The molecule has 90 valence electrons. The van der Waals surface area contributed by atoms with Crippen molar-refractivity contribution in [3.05, 3.63) is 18.2 Å².